The van der Waals surface area contributed by atoms with Gasteiger partial charge in [-0.2, -0.15) is 0 Å². The van der Waals surface area contributed by atoms with Crippen molar-refractivity contribution >= 4 is 5.91 Å². The number of hydrogen-bond acceptors (Lipinski definition) is 5. The second-order valence-electron chi connectivity index (χ2n) is 5.47. The molecule has 0 saturated carbocycles. The third-order valence-corrected chi connectivity index (χ3v) is 3.78. The third kappa shape index (κ3) is 2.67. The molecule has 0 aliphatic carbocycles. The summed E-state index contributed by atoms with van der Waals surface area (Å²) in [6.07, 6.45) is 3.10. The van der Waals surface area contributed by atoms with Gasteiger partial charge in [0.1, 0.15) is 17.2 Å². The Hall–Kier alpha value is -2.21. The molecule has 3 rings (SSSR count). The van der Waals surface area contributed by atoms with Crippen LogP contribution in [-0.4, -0.2) is 39.9 Å². The van der Waals surface area contributed by atoms with E-state index < -0.39 is 0 Å². The highest BCUT2D eigenvalue weighted by Gasteiger charge is 2.36. The summed E-state index contributed by atoms with van der Waals surface area (Å²) < 4.78 is 5.64. The highest BCUT2D eigenvalue weighted by atomic mass is 16.3. The van der Waals surface area contributed by atoms with Gasteiger partial charge in [0, 0.05) is 25.3 Å². The molecule has 1 saturated heterocycles. The summed E-state index contributed by atoms with van der Waals surface area (Å²) in [5.41, 5.74) is 7.30. The first-order valence-electron chi connectivity index (χ1n) is 6.94. The molecule has 2 N–H and O–H groups in total. The van der Waals surface area contributed by atoms with Crippen LogP contribution in [0.4, 0.5) is 0 Å². The summed E-state index contributed by atoms with van der Waals surface area (Å²) in [5, 5.41) is 0. The zero-order valence-electron chi connectivity index (χ0n) is 12.1. The topological polar surface area (TPSA) is 85.2 Å². The first kappa shape index (κ1) is 13.8. The van der Waals surface area contributed by atoms with Crippen LogP contribution >= 0.6 is 0 Å². The first-order valence-corrected chi connectivity index (χ1v) is 6.94. The maximum atomic E-state index is 12.4. The molecule has 110 valence electrons. The molecule has 0 bridgehead atoms. The fourth-order valence-corrected chi connectivity index (χ4v) is 2.61. The van der Waals surface area contributed by atoms with E-state index in [9.17, 15) is 4.79 Å². The van der Waals surface area contributed by atoms with E-state index in [0.717, 1.165) is 17.2 Å². The lowest BCUT2D eigenvalue weighted by Crippen LogP contribution is -2.32. The molecule has 0 unspecified atom stereocenters. The zero-order chi connectivity index (χ0) is 15.0. The van der Waals surface area contributed by atoms with Crippen molar-refractivity contribution in [2.24, 2.45) is 5.73 Å². The quantitative estimate of drug-likeness (QED) is 0.898. The van der Waals surface area contributed by atoms with Crippen LogP contribution in [0.5, 0.6) is 0 Å². The Morgan fingerprint density at radius 3 is 2.71 bits per heavy atom. The molecule has 6 nitrogen and oxygen atoms in total. The van der Waals surface area contributed by atoms with Crippen LogP contribution in [0.3, 0.4) is 0 Å². The van der Waals surface area contributed by atoms with Crippen molar-refractivity contribution in [3.8, 4) is 0 Å². The number of likely N-dealkylation sites (tertiary alicyclic amines) is 1. The van der Waals surface area contributed by atoms with Gasteiger partial charge in [-0.3, -0.25) is 9.78 Å². The van der Waals surface area contributed by atoms with Crippen molar-refractivity contribution in [1.82, 2.24) is 14.9 Å². The zero-order valence-corrected chi connectivity index (χ0v) is 12.1. The van der Waals surface area contributed by atoms with E-state index >= 15 is 0 Å². The summed E-state index contributed by atoms with van der Waals surface area (Å²) in [6, 6.07) is 3.72. The van der Waals surface area contributed by atoms with Crippen molar-refractivity contribution in [1.29, 1.82) is 0 Å². The van der Waals surface area contributed by atoms with Gasteiger partial charge in [-0.05, 0) is 26.0 Å². The highest BCUT2D eigenvalue weighted by Crippen LogP contribution is 2.28. The molecular formula is C15H18N4O2. The van der Waals surface area contributed by atoms with Gasteiger partial charge in [0.05, 0.1) is 17.8 Å². The molecule has 0 aromatic carbocycles. The average Bonchev–Trinajstić information content (AvgIpc) is 3.05. The van der Waals surface area contributed by atoms with E-state index in [1.165, 1.54) is 6.20 Å². The number of hydrogen-bond donors (Lipinski definition) is 1. The van der Waals surface area contributed by atoms with Gasteiger partial charge in [-0.1, -0.05) is 0 Å². The van der Waals surface area contributed by atoms with Crippen LogP contribution in [0.1, 0.15) is 33.6 Å². The van der Waals surface area contributed by atoms with Gasteiger partial charge in [0.25, 0.3) is 5.91 Å². The molecule has 2 aromatic heterocycles. The normalized spacial score (nSPS) is 21.8. The predicted molar refractivity (Wildman–Crippen MR) is 76.8 cm³/mol. The van der Waals surface area contributed by atoms with E-state index in [-0.39, 0.29) is 17.9 Å². The molecule has 1 aliphatic rings. The molecule has 0 spiro atoms. The lowest BCUT2D eigenvalue weighted by atomic mass is 10.0. The summed E-state index contributed by atoms with van der Waals surface area (Å²) in [6.45, 7) is 4.78. The van der Waals surface area contributed by atoms with E-state index in [2.05, 4.69) is 9.97 Å². The minimum absolute atomic E-state index is 0.0288. The maximum Gasteiger partial charge on any atom is 0.274 e. The van der Waals surface area contributed by atoms with Crippen LogP contribution < -0.4 is 5.73 Å². The predicted octanol–water partition coefficient (Wildman–Crippen LogP) is 1.25. The fourth-order valence-electron chi connectivity index (χ4n) is 2.61. The number of nitrogens with zero attached hydrogens (tertiary/aromatic N) is 3. The Morgan fingerprint density at radius 1 is 1.29 bits per heavy atom. The summed E-state index contributed by atoms with van der Waals surface area (Å²) >= 11 is 0. The summed E-state index contributed by atoms with van der Waals surface area (Å²) in [7, 11) is 0. The van der Waals surface area contributed by atoms with E-state index in [0.29, 0.717) is 18.8 Å². The number of rotatable bonds is 2. The number of carbonyl (C=O) groups is 1. The standard InChI is InChI=1S/C15H18N4O2/c1-9-5-18-13(6-17-9)15(20)19-7-11(12(16)8-19)14-4-3-10(2)21-14/h3-6,11-12H,7-8,16H2,1-2H3/t11-,12-/m0/s1. The lowest BCUT2D eigenvalue weighted by Gasteiger charge is -2.15. The van der Waals surface area contributed by atoms with E-state index in [1.54, 1.807) is 11.1 Å². The monoisotopic (exact) mass is 286 g/mol. The number of nitrogens with two attached hydrogens (primary N) is 1. The molecule has 6 heteroatoms. The molecule has 2 aromatic rings. The third-order valence-electron chi connectivity index (χ3n) is 3.78. The minimum Gasteiger partial charge on any atom is -0.466 e. The maximum absolute atomic E-state index is 12.4. The van der Waals surface area contributed by atoms with Crippen LogP contribution in [0.2, 0.25) is 0 Å². The van der Waals surface area contributed by atoms with E-state index in [4.69, 9.17) is 10.2 Å². The second kappa shape index (κ2) is 5.29. The second-order valence-corrected chi connectivity index (χ2v) is 5.47. The molecular weight excluding hydrogens is 268 g/mol. The molecule has 3 heterocycles. The van der Waals surface area contributed by atoms with Crippen LogP contribution in [0, 0.1) is 13.8 Å². The Kier molecular flexibility index (Phi) is 3.47. The van der Waals surface area contributed by atoms with Gasteiger partial charge >= 0.3 is 0 Å². The molecule has 21 heavy (non-hydrogen) atoms. The fraction of sp³-hybridized carbons (Fsp3) is 0.400. The molecule has 2 atom stereocenters. The largest absolute Gasteiger partial charge is 0.466 e. The van der Waals surface area contributed by atoms with Crippen molar-refractivity contribution in [2.45, 2.75) is 25.8 Å². The minimum atomic E-state index is -0.135. The molecule has 1 aliphatic heterocycles. The van der Waals surface area contributed by atoms with Crippen LogP contribution in [-0.2, 0) is 0 Å². The smallest absolute Gasteiger partial charge is 0.274 e. The first-order chi connectivity index (χ1) is 10.0. The van der Waals surface area contributed by atoms with Crippen molar-refractivity contribution < 1.29 is 9.21 Å². The van der Waals surface area contributed by atoms with Gasteiger partial charge in [0.2, 0.25) is 0 Å². The molecule has 1 amide bonds. The number of amides is 1. The van der Waals surface area contributed by atoms with Gasteiger partial charge in [-0.25, -0.2) is 4.98 Å². The van der Waals surface area contributed by atoms with Gasteiger partial charge in [-0.15, -0.1) is 0 Å². The lowest BCUT2D eigenvalue weighted by molar-refractivity contribution is 0.0782. The van der Waals surface area contributed by atoms with E-state index in [1.807, 2.05) is 26.0 Å². The molecule has 0 radical (unpaired) electrons. The van der Waals surface area contributed by atoms with Gasteiger partial charge in [0.15, 0.2) is 0 Å². The summed E-state index contributed by atoms with van der Waals surface area (Å²) in [4.78, 5) is 22.4. The Labute approximate surface area is 123 Å². The highest BCUT2D eigenvalue weighted by molar-refractivity contribution is 5.92. The van der Waals surface area contributed by atoms with Crippen molar-refractivity contribution in [2.75, 3.05) is 13.1 Å². The Bertz CT molecular complexity index is 650. The summed E-state index contributed by atoms with van der Waals surface area (Å²) in [5.74, 6) is 1.58. The van der Waals surface area contributed by atoms with Crippen LogP contribution in [0.25, 0.3) is 0 Å². The number of furan rings is 1. The number of aryl methyl sites for hydroxylation is 2. The molecule has 1 fully saturated rings. The Morgan fingerprint density at radius 2 is 2.10 bits per heavy atom. The van der Waals surface area contributed by atoms with Crippen LogP contribution in [0.15, 0.2) is 28.9 Å². The number of carbonyl (C=O) groups excluding carboxylic acids is 1. The SMILES string of the molecule is Cc1cnc(C(=O)N2C[C@H](c3ccc(C)o3)[C@@H](N)C2)cn1. The Balaban J connectivity index is 1.76. The number of aromatic nitrogens is 2. The average molecular weight is 286 g/mol. The van der Waals surface area contributed by atoms with Gasteiger partial charge < -0.3 is 15.1 Å². The van der Waals surface area contributed by atoms with Crippen molar-refractivity contribution in [3.05, 3.63) is 47.4 Å². The van der Waals surface area contributed by atoms with Crippen molar-refractivity contribution in [3.63, 3.8) is 0 Å².